The van der Waals surface area contributed by atoms with Crippen molar-refractivity contribution in [1.29, 1.82) is 0 Å². The molecule has 2 aliphatic rings. The summed E-state index contributed by atoms with van der Waals surface area (Å²) in [6.45, 7) is 10.5. The normalized spacial score (nSPS) is 16.5. The van der Waals surface area contributed by atoms with Crippen LogP contribution in [0.4, 0.5) is 10.5 Å². The molecule has 1 fully saturated rings. The van der Waals surface area contributed by atoms with E-state index in [-0.39, 0.29) is 6.09 Å². The minimum atomic E-state index is -0.520. The summed E-state index contributed by atoms with van der Waals surface area (Å²) in [6.07, 6.45) is 0.257. The fourth-order valence-electron chi connectivity index (χ4n) is 2.88. The molecule has 2 amide bonds. The Balaban J connectivity index is 0.000000336. The fourth-order valence-corrected chi connectivity index (χ4v) is 2.88. The lowest BCUT2D eigenvalue weighted by atomic mass is 10.1. The van der Waals surface area contributed by atoms with Crippen molar-refractivity contribution in [2.75, 3.05) is 45.8 Å². The maximum Gasteiger partial charge on any atom is 0.410 e. The van der Waals surface area contributed by atoms with E-state index in [0.717, 1.165) is 37.4 Å². The Bertz CT molecular complexity index is 681. The van der Waals surface area contributed by atoms with Crippen molar-refractivity contribution in [2.45, 2.75) is 39.5 Å². The maximum absolute atomic E-state index is 12.1. The summed E-state index contributed by atoms with van der Waals surface area (Å²) in [5, 5.41) is 2.60. The molecule has 2 heterocycles. The van der Waals surface area contributed by atoms with Gasteiger partial charge in [-0.15, -0.1) is 0 Å². The first-order valence-electron chi connectivity index (χ1n) is 9.37. The van der Waals surface area contributed by atoms with E-state index in [4.69, 9.17) is 14.2 Å². The predicted molar refractivity (Wildman–Crippen MR) is 106 cm³/mol. The zero-order valence-electron chi connectivity index (χ0n) is 17.4. The molecule has 1 aromatic rings. The molecule has 8 heteroatoms. The Morgan fingerprint density at radius 2 is 1.79 bits per heavy atom. The van der Waals surface area contributed by atoms with Crippen LogP contribution < -0.4 is 10.1 Å². The first kappa shape index (κ1) is 22.0. The number of rotatable bonds is 3. The van der Waals surface area contributed by atoms with E-state index < -0.39 is 5.60 Å². The lowest BCUT2D eigenvalue weighted by Gasteiger charge is -2.24. The molecule has 0 spiro atoms. The van der Waals surface area contributed by atoms with Crippen LogP contribution in [-0.2, 0) is 27.4 Å². The van der Waals surface area contributed by atoms with Gasteiger partial charge in [0.2, 0.25) is 6.41 Å². The summed E-state index contributed by atoms with van der Waals surface area (Å²) in [6, 6.07) is 3.67. The van der Waals surface area contributed by atoms with Crippen LogP contribution in [0.2, 0.25) is 0 Å². The molecular formula is C20H31N3O5. The summed E-state index contributed by atoms with van der Waals surface area (Å²) in [4.78, 5) is 26.6. The lowest BCUT2D eigenvalue weighted by Crippen LogP contribution is -2.33. The summed E-state index contributed by atoms with van der Waals surface area (Å²) in [5.74, 6) is 0.576. The highest BCUT2D eigenvalue weighted by Gasteiger charge is 2.28. The standard InChI is InChI=1S/C15H20N2O4.C5H11NO/c1-15(2,3)21-14(19)17-7-10-5-12(16-9-18)13(20-4)6-11(10)8-17;1-6-2-4-7-5-3-6/h5-6,9H,7-8H2,1-4H3,(H,16,18);2-5H2,1H3. The van der Waals surface area contributed by atoms with E-state index in [1.54, 1.807) is 4.90 Å². The number of fused-ring (bicyclic) bond motifs is 1. The molecule has 3 rings (SSSR count). The first-order valence-corrected chi connectivity index (χ1v) is 9.37. The van der Waals surface area contributed by atoms with Gasteiger partial charge in [-0.25, -0.2) is 4.79 Å². The number of hydrogen-bond donors (Lipinski definition) is 1. The molecule has 1 saturated heterocycles. The average molecular weight is 393 g/mol. The second-order valence-electron chi connectivity index (χ2n) is 7.84. The number of methoxy groups -OCH3 is 1. The third-order valence-corrected chi connectivity index (χ3v) is 4.34. The van der Waals surface area contributed by atoms with Crippen molar-refractivity contribution in [2.24, 2.45) is 0 Å². The van der Waals surface area contributed by atoms with Crippen LogP contribution >= 0.6 is 0 Å². The number of morpholine rings is 1. The van der Waals surface area contributed by atoms with Crippen molar-refractivity contribution < 1.29 is 23.8 Å². The molecule has 1 N–H and O–H groups in total. The van der Waals surface area contributed by atoms with Crippen molar-refractivity contribution in [3.8, 4) is 5.75 Å². The molecule has 0 unspecified atom stereocenters. The van der Waals surface area contributed by atoms with Crippen LogP contribution in [0.25, 0.3) is 0 Å². The number of anilines is 1. The number of nitrogens with zero attached hydrogens (tertiary/aromatic N) is 2. The van der Waals surface area contributed by atoms with Crippen LogP contribution in [0, 0.1) is 0 Å². The number of ether oxygens (including phenoxy) is 3. The topological polar surface area (TPSA) is 80.3 Å². The van der Waals surface area contributed by atoms with Gasteiger partial charge in [-0.3, -0.25) is 9.69 Å². The molecule has 0 radical (unpaired) electrons. The third kappa shape index (κ3) is 6.38. The molecule has 0 bridgehead atoms. The highest BCUT2D eigenvalue weighted by molar-refractivity contribution is 5.77. The van der Waals surface area contributed by atoms with Crippen molar-refractivity contribution >= 4 is 18.2 Å². The number of carbonyl (C=O) groups is 2. The number of hydrogen-bond acceptors (Lipinski definition) is 6. The third-order valence-electron chi connectivity index (χ3n) is 4.34. The molecule has 0 aromatic heterocycles. The number of amides is 2. The average Bonchev–Trinajstić information content (AvgIpc) is 3.04. The smallest absolute Gasteiger partial charge is 0.410 e. The molecule has 2 aliphatic heterocycles. The lowest BCUT2D eigenvalue weighted by molar-refractivity contribution is -0.105. The Labute approximate surface area is 166 Å². The summed E-state index contributed by atoms with van der Waals surface area (Å²) < 4.78 is 15.7. The van der Waals surface area contributed by atoms with E-state index in [9.17, 15) is 9.59 Å². The highest BCUT2D eigenvalue weighted by Crippen LogP contribution is 2.33. The summed E-state index contributed by atoms with van der Waals surface area (Å²) in [5.41, 5.74) is 2.05. The van der Waals surface area contributed by atoms with Gasteiger partial charge in [0.15, 0.2) is 0 Å². The van der Waals surface area contributed by atoms with Gasteiger partial charge in [0.05, 0.1) is 26.0 Å². The molecule has 0 atom stereocenters. The van der Waals surface area contributed by atoms with Gasteiger partial charge in [-0.2, -0.15) is 0 Å². The molecular weight excluding hydrogens is 362 g/mol. The van der Waals surface area contributed by atoms with E-state index in [0.29, 0.717) is 30.9 Å². The second-order valence-corrected chi connectivity index (χ2v) is 7.84. The molecule has 1 aromatic carbocycles. The van der Waals surface area contributed by atoms with E-state index in [1.807, 2.05) is 32.9 Å². The summed E-state index contributed by atoms with van der Waals surface area (Å²) in [7, 11) is 3.65. The Morgan fingerprint density at radius 3 is 2.25 bits per heavy atom. The minimum Gasteiger partial charge on any atom is -0.495 e. The van der Waals surface area contributed by atoms with Crippen LogP contribution in [-0.4, -0.2) is 68.4 Å². The van der Waals surface area contributed by atoms with Crippen LogP contribution in [0.3, 0.4) is 0 Å². The SMILES string of the molecule is CN1CCOCC1.COc1cc2c(cc1NC=O)CN(C(=O)OC(C)(C)C)C2. The van der Waals surface area contributed by atoms with Crippen molar-refractivity contribution in [1.82, 2.24) is 9.80 Å². The Hall–Kier alpha value is -2.32. The van der Waals surface area contributed by atoms with E-state index in [2.05, 4.69) is 17.3 Å². The van der Waals surface area contributed by atoms with Crippen molar-refractivity contribution in [3.05, 3.63) is 23.3 Å². The number of nitrogens with one attached hydrogen (secondary N) is 1. The van der Waals surface area contributed by atoms with Gasteiger partial charge in [-0.1, -0.05) is 0 Å². The number of likely N-dealkylation sites (N-methyl/N-ethyl adjacent to an activating group) is 1. The zero-order valence-corrected chi connectivity index (χ0v) is 17.4. The van der Waals surface area contributed by atoms with Gasteiger partial charge >= 0.3 is 6.09 Å². The Kier molecular flexibility index (Phi) is 7.65. The van der Waals surface area contributed by atoms with Crippen LogP contribution in [0.5, 0.6) is 5.75 Å². The van der Waals surface area contributed by atoms with Crippen molar-refractivity contribution in [3.63, 3.8) is 0 Å². The number of benzene rings is 1. The molecule has 0 aliphatic carbocycles. The van der Waals surface area contributed by atoms with E-state index in [1.165, 1.54) is 7.11 Å². The Morgan fingerprint density at radius 1 is 1.18 bits per heavy atom. The summed E-state index contributed by atoms with van der Waals surface area (Å²) >= 11 is 0. The largest absolute Gasteiger partial charge is 0.495 e. The molecule has 156 valence electrons. The van der Waals surface area contributed by atoms with Gasteiger partial charge in [0.25, 0.3) is 0 Å². The van der Waals surface area contributed by atoms with Gasteiger partial charge in [0.1, 0.15) is 11.4 Å². The van der Waals surface area contributed by atoms with E-state index >= 15 is 0 Å². The van der Waals surface area contributed by atoms with Gasteiger partial charge < -0.3 is 24.4 Å². The highest BCUT2D eigenvalue weighted by atomic mass is 16.6. The zero-order chi connectivity index (χ0) is 20.7. The molecule has 8 nitrogen and oxygen atoms in total. The second kappa shape index (κ2) is 9.75. The monoisotopic (exact) mass is 393 g/mol. The maximum atomic E-state index is 12.1. The molecule has 0 saturated carbocycles. The fraction of sp³-hybridized carbons (Fsp3) is 0.600. The van der Waals surface area contributed by atoms with Gasteiger partial charge in [0, 0.05) is 26.2 Å². The van der Waals surface area contributed by atoms with Gasteiger partial charge in [-0.05, 0) is 51.1 Å². The van der Waals surface area contributed by atoms with Crippen LogP contribution in [0.1, 0.15) is 31.9 Å². The number of carbonyl (C=O) groups excluding carboxylic acids is 2. The minimum absolute atomic E-state index is 0.345. The quantitative estimate of drug-likeness (QED) is 0.795. The first-order chi connectivity index (χ1) is 13.2. The predicted octanol–water partition coefficient (Wildman–Crippen LogP) is 2.46. The molecule has 28 heavy (non-hydrogen) atoms. The van der Waals surface area contributed by atoms with Crippen LogP contribution in [0.15, 0.2) is 12.1 Å².